The van der Waals surface area contributed by atoms with Crippen LogP contribution in [0.15, 0.2) is 18.5 Å². The van der Waals surface area contributed by atoms with E-state index in [4.69, 9.17) is 16.7 Å². The van der Waals surface area contributed by atoms with Crippen LogP contribution in [-0.2, 0) is 0 Å². The number of aliphatic hydroxyl groups is 1. The third-order valence-electron chi connectivity index (χ3n) is 1.71. The van der Waals surface area contributed by atoms with Crippen molar-refractivity contribution in [3.63, 3.8) is 0 Å². The van der Waals surface area contributed by atoms with Crippen molar-refractivity contribution in [2.45, 2.75) is 6.04 Å². The van der Waals surface area contributed by atoms with Gasteiger partial charge in [0.05, 0.1) is 17.7 Å². The summed E-state index contributed by atoms with van der Waals surface area (Å²) in [5.74, 6) is 0. The average Bonchev–Trinajstić information content (AvgIpc) is 2.10. The minimum absolute atomic E-state index is 0.0280. The number of aromatic nitrogens is 1. The molecule has 0 aromatic carbocycles. The molecule has 0 saturated heterocycles. The van der Waals surface area contributed by atoms with E-state index in [2.05, 4.69) is 10.3 Å². The van der Waals surface area contributed by atoms with Crippen LogP contribution in [-0.4, -0.2) is 23.7 Å². The second kappa shape index (κ2) is 4.40. The van der Waals surface area contributed by atoms with Gasteiger partial charge in [0.1, 0.15) is 0 Å². The Morgan fingerprint density at radius 3 is 3.00 bits per heavy atom. The van der Waals surface area contributed by atoms with Crippen LogP contribution in [0.5, 0.6) is 0 Å². The maximum Gasteiger partial charge on any atom is 0.0637 e. The van der Waals surface area contributed by atoms with Crippen molar-refractivity contribution >= 4 is 11.6 Å². The molecule has 1 atom stereocenters. The van der Waals surface area contributed by atoms with Gasteiger partial charge in [-0.1, -0.05) is 11.6 Å². The second-order valence-electron chi connectivity index (χ2n) is 2.42. The lowest BCUT2D eigenvalue weighted by Gasteiger charge is -2.13. The third kappa shape index (κ3) is 1.94. The van der Waals surface area contributed by atoms with E-state index in [1.165, 1.54) is 0 Å². The molecule has 3 nitrogen and oxygen atoms in total. The van der Waals surface area contributed by atoms with Crippen LogP contribution in [0.4, 0.5) is 0 Å². The van der Waals surface area contributed by atoms with Crippen molar-refractivity contribution in [3.8, 4) is 0 Å². The maximum atomic E-state index is 8.96. The molecule has 66 valence electrons. The van der Waals surface area contributed by atoms with Crippen LogP contribution in [0.1, 0.15) is 11.6 Å². The fourth-order valence-corrected chi connectivity index (χ4v) is 1.26. The van der Waals surface area contributed by atoms with Gasteiger partial charge in [-0.2, -0.15) is 0 Å². The number of likely N-dealkylation sites (N-methyl/N-ethyl adjacent to an activating group) is 1. The summed E-state index contributed by atoms with van der Waals surface area (Å²) in [6.07, 6.45) is 3.22. The van der Waals surface area contributed by atoms with Crippen molar-refractivity contribution in [2.75, 3.05) is 13.7 Å². The van der Waals surface area contributed by atoms with E-state index in [0.29, 0.717) is 5.02 Å². The number of rotatable bonds is 3. The Bertz CT molecular complexity index is 251. The van der Waals surface area contributed by atoms with Gasteiger partial charge in [0.2, 0.25) is 0 Å². The first-order valence-electron chi connectivity index (χ1n) is 3.67. The Labute approximate surface area is 76.4 Å². The quantitative estimate of drug-likeness (QED) is 0.740. The van der Waals surface area contributed by atoms with E-state index >= 15 is 0 Å². The van der Waals surface area contributed by atoms with Gasteiger partial charge in [0.25, 0.3) is 0 Å². The first-order chi connectivity index (χ1) is 5.79. The summed E-state index contributed by atoms with van der Waals surface area (Å²) in [5, 5.41) is 12.5. The van der Waals surface area contributed by atoms with E-state index in [9.17, 15) is 0 Å². The zero-order chi connectivity index (χ0) is 8.97. The predicted octanol–water partition coefficient (Wildman–Crippen LogP) is 0.988. The average molecular weight is 187 g/mol. The van der Waals surface area contributed by atoms with Crippen molar-refractivity contribution in [1.82, 2.24) is 10.3 Å². The largest absolute Gasteiger partial charge is 0.394 e. The number of hydrogen-bond acceptors (Lipinski definition) is 3. The van der Waals surface area contributed by atoms with Crippen LogP contribution in [0, 0.1) is 0 Å². The molecule has 0 aliphatic rings. The lowest BCUT2D eigenvalue weighted by molar-refractivity contribution is 0.251. The van der Waals surface area contributed by atoms with Gasteiger partial charge in [0, 0.05) is 12.4 Å². The van der Waals surface area contributed by atoms with Crippen LogP contribution in [0.3, 0.4) is 0 Å². The highest BCUT2D eigenvalue weighted by molar-refractivity contribution is 6.31. The lowest BCUT2D eigenvalue weighted by atomic mass is 10.1. The summed E-state index contributed by atoms with van der Waals surface area (Å²) in [5.41, 5.74) is 0.872. The first-order valence-corrected chi connectivity index (χ1v) is 4.05. The standard InChI is InChI=1S/C8H11ClN2O/c1-10-8(5-12)6-2-3-11-4-7(6)9/h2-4,8,10,12H,5H2,1H3/t8-/m1/s1. The normalized spacial score (nSPS) is 12.9. The Hall–Kier alpha value is -0.640. The van der Waals surface area contributed by atoms with Crippen LogP contribution in [0.25, 0.3) is 0 Å². The van der Waals surface area contributed by atoms with Gasteiger partial charge in [-0.3, -0.25) is 4.98 Å². The number of pyridine rings is 1. The van der Waals surface area contributed by atoms with Gasteiger partial charge < -0.3 is 10.4 Å². The van der Waals surface area contributed by atoms with E-state index in [1.807, 2.05) is 0 Å². The van der Waals surface area contributed by atoms with Crippen LogP contribution >= 0.6 is 11.6 Å². The summed E-state index contributed by atoms with van der Waals surface area (Å²) in [7, 11) is 1.78. The van der Waals surface area contributed by atoms with Gasteiger partial charge in [-0.25, -0.2) is 0 Å². The molecule has 0 bridgehead atoms. The number of nitrogens with one attached hydrogen (secondary N) is 1. The van der Waals surface area contributed by atoms with Gasteiger partial charge in [-0.15, -0.1) is 0 Å². The van der Waals surface area contributed by atoms with Gasteiger partial charge in [-0.05, 0) is 18.7 Å². The highest BCUT2D eigenvalue weighted by atomic mass is 35.5. The van der Waals surface area contributed by atoms with Crippen LogP contribution in [0.2, 0.25) is 5.02 Å². The number of nitrogens with zero attached hydrogens (tertiary/aromatic N) is 1. The highest BCUT2D eigenvalue weighted by Gasteiger charge is 2.10. The second-order valence-corrected chi connectivity index (χ2v) is 2.83. The Balaban J connectivity index is 2.92. The van der Waals surface area contributed by atoms with Crippen molar-refractivity contribution in [2.24, 2.45) is 0 Å². The molecule has 4 heteroatoms. The third-order valence-corrected chi connectivity index (χ3v) is 2.03. The molecule has 1 heterocycles. The molecule has 12 heavy (non-hydrogen) atoms. The molecule has 0 aliphatic heterocycles. The fourth-order valence-electron chi connectivity index (χ4n) is 1.01. The van der Waals surface area contributed by atoms with Crippen LogP contribution < -0.4 is 5.32 Å². The molecule has 1 aromatic heterocycles. The molecular formula is C8H11ClN2O. The molecule has 0 saturated carbocycles. The zero-order valence-corrected chi connectivity index (χ0v) is 7.54. The molecule has 0 radical (unpaired) electrons. The number of aliphatic hydroxyl groups excluding tert-OH is 1. The predicted molar refractivity (Wildman–Crippen MR) is 48.1 cm³/mol. The maximum absolute atomic E-state index is 8.96. The number of halogens is 1. The molecule has 0 aliphatic carbocycles. The van der Waals surface area contributed by atoms with E-state index < -0.39 is 0 Å². The van der Waals surface area contributed by atoms with Gasteiger partial charge in [0.15, 0.2) is 0 Å². The molecule has 1 aromatic rings. The molecule has 2 N–H and O–H groups in total. The molecular weight excluding hydrogens is 176 g/mol. The summed E-state index contributed by atoms with van der Waals surface area (Å²) in [6.45, 7) is 0.0280. The fraction of sp³-hybridized carbons (Fsp3) is 0.375. The summed E-state index contributed by atoms with van der Waals surface area (Å²) in [6, 6.07) is 1.68. The number of hydrogen-bond donors (Lipinski definition) is 2. The summed E-state index contributed by atoms with van der Waals surface area (Å²) in [4.78, 5) is 3.85. The Morgan fingerprint density at radius 1 is 1.75 bits per heavy atom. The monoisotopic (exact) mass is 186 g/mol. The first kappa shape index (κ1) is 9.45. The molecule has 0 fully saturated rings. The van der Waals surface area contributed by atoms with Gasteiger partial charge >= 0.3 is 0 Å². The molecule has 1 rings (SSSR count). The minimum atomic E-state index is -0.111. The molecule has 0 amide bonds. The molecule has 0 spiro atoms. The van der Waals surface area contributed by atoms with Crippen molar-refractivity contribution in [1.29, 1.82) is 0 Å². The minimum Gasteiger partial charge on any atom is -0.394 e. The van der Waals surface area contributed by atoms with E-state index in [-0.39, 0.29) is 12.6 Å². The SMILES string of the molecule is CN[C@H](CO)c1ccncc1Cl. The Kier molecular flexibility index (Phi) is 3.47. The van der Waals surface area contributed by atoms with Crippen molar-refractivity contribution < 1.29 is 5.11 Å². The summed E-state index contributed by atoms with van der Waals surface area (Å²) >= 11 is 5.86. The smallest absolute Gasteiger partial charge is 0.0637 e. The lowest BCUT2D eigenvalue weighted by Crippen LogP contribution is -2.20. The summed E-state index contributed by atoms with van der Waals surface area (Å²) < 4.78 is 0. The topological polar surface area (TPSA) is 45.1 Å². The zero-order valence-electron chi connectivity index (χ0n) is 6.79. The Morgan fingerprint density at radius 2 is 2.50 bits per heavy atom. The highest BCUT2D eigenvalue weighted by Crippen LogP contribution is 2.20. The van der Waals surface area contributed by atoms with Crippen molar-refractivity contribution in [3.05, 3.63) is 29.0 Å². The van der Waals surface area contributed by atoms with E-state index in [0.717, 1.165) is 5.56 Å². The molecule has 0 unspecified atom stereocenters. The van der Waals surface area contributed by atoms with E-state index in [1.54, 1.807) is 25.5 Å².